The first-order valence-corrected chi connectivity index (χ1v) is 10.7. The van der Waals surface area contributed by atoms with E-state index in [-0.39, 0.29) is 5.91 Å². The Kier molecular flexibility index (Phi) is 6.20. The van der Waals surface area contributed by atoms with Crippen molar-refractivity contribution in [2.45, 2.75) is 25.7 Å². The molecule has 2 aromatic carbocycles. The van der Waals surface area contributed by atoms with Crippen LogP contribution in [-0.4, -0.2) is 29.2 Å². The summed E-state index contributed by atoms with van der Waals surface area (Å²) in [5.74, 6) is 0.784. The van der Waals surface area contributed by atoms with E-state index in [1.54, 1.807) is 6.07 Å². The molecule has 1 aliphatic rings. The number of halogens is 1. The van der Waals surface area contributed by atoms with Gasteiger partial charge in [0.1, 0.15) is 0 Å². The standard InChI is InChI=1S/C23H23BrN4O/c24-20-11-4-3-10-19(20)23(29)25-18-9-7-8-17(16-18)21-12-13-22(27-26-21)28-14-5-1-2-6-15-28/h3-4,7-13,16H,1-2,5-6,14-15H2,(H,25,29). The Labute approximate surface area is 179 Å². The Balaban J connectivity index is 1.49. The highest BCUT2D eigenvalue weighted by Gasteiger charge is 2.13. The number of benzene rings is 2. The first-order valence-electron chi connectivity index (χ1n) is 9.96. The minimum atomic E-state index is -0.155. The average molecular weight is 451 g/mol. The van der Waals surface area contributed by atoms with Crippen molar-refractivity contribution in [3.05, 3.63) is 70.7 Å². The summed E-state index contributed by atoms with van der Waals surface area (Å²) in [4.78, 5) is 14.9. The second-order valence-electron chi connectivity index (χ2n) is 7.19. The molecule has 5 nitrogen and oxygen atoms in total. The quantitative estimate of drug-likeness (QED) is 0.566. The molecule has 1 aromatic heterocycles. The number of nitrogens with zero attached hydrogens (tertiary/aromatic N) is 3. The van der Waals surface area contributed by atoms with Crippen LogP contribution in [0.15, 0.2) is 65.1 Å². The Morgan fingerprint density at radius 3 is 2.41 bits per heavy atom. The van der Waals surface area contributed by atoms with Crippen LogP contribution in [0.4, 0.5) is 11.5 Å². The van der Waals surface area contributed by atoms with Crippen LogP contribution < -0.4 is 10.2 Å². The van der Waals surface area contributed by atoms with Crippen LogP contribution in [0.5, 0.6) is 0 Å². The molecular weight excluding hydrogens is 428 g/mol. The molecule has 0 radical (unpaired) electrons. The maximum absolute atomic E-state index is 12.6. The predicted octanol–water partition coefficient (Wildman–Crippen LogP) is 5.54. The zero-order valence-corrected chi connectivity index (χ0v) is 17.7. The number of amides is 1. The van der Waals surface area contributed by atoms with Gasteiger partial charge in [0.15, 0.2) is 5.82 Å². The van der Waals surface area contributed by atoms with Gasteiger partial charge in [0.2, 0.25) is 0 Å². The number of aromatic nitrogens is 2. The molecule has 1 amide bonds. The van der Waals surface area contributed by atoms with E-state index in [9.17, 15) is 4.79 Å². The Morgan fingerprint density at radius 2 is 1.69 bits per heavy atom. The molecule has 0 atom stereocenters. The van der Waals surface area contributed by atoms with Crippen LogP contribution >= 0.6 is 15.9 Å². The van der Waals surface area contributed by atoms with E-state index in [1.165, 1.54) is 25.7 Å². The smallest absolute Gasteiger partial charge is 0.256 e. The molecule has 1 N–H and O–H groups in total. The number of hydrogen-bond acceptors (Lipinski definition) is 4. The monoisotopic (exact) mass is 450 g/mol. The van der Waals surface area contributed by atoms with Crippen molar-refractivity contribution < 1.29 is 4.79 Å². The van der Waals surface area contributed by atoms with Crippen molar-refractivity contribution in [2.24, 2.45) is 0 Å². The highest BCUT2D eigenvalue weighted by molar-refractivity contribution is 9.10. The minimum absolute atomic E-state index is 0.155. The van der Waals surface area contributed by atoms with Crippen molar-refractivity contribution in [1.82, 2.24) is 10.2 Å². The van der Waals surface area contributed by atoms with Crippen molar-refractivity contribution >= 4 is 33.3 Å². The lowest BCUT2D eigenvalue weighted by Crippen LogP contribution is -2.25. The predicted molar refractivity (Wildman–Crippen MR) is 120 cm³/mol. The molecule has 0 bridgehead atoms. The summed E-state index contributed by atoms with van der Waals surface area (Å²) >= 11 is 3.42. The number of hydrogen-bond donors (Lipinski definition) is 1. The molecule has 0 unspecified atom stereocenters. The second kappa shape index (κ2) is 9.18. The summed E-state index contributed by atoms with van der Waals surface area (Å²) < 4.78 is 0.767. The van der Waals surface area contributed by atoms with Crippen LogP contribution in [0, 0.1) is 0 Å². The van der Waals surface area contributed by atoms with Gasteiger partial charge in [-0.15, -0.1) is 10.2 Å². The molecule has 3 aromatic rings. The Bertz CT molecular complexity index is 982. The van der Waals surface area contributed by atoms with Crippen LogP contribution in [-0.2, 0) is 0 Å². The molecule has 1 aliphatic heterocycles. The van der Waals surface area contributed by atoms with Crippen molar-refractivity contribution in [1.29, 1.82) is 0 Å². The van der Waals surface area contributed by atoms with E-state index < -0.39 is 0 Å². The maximum atomic E-state index is 12.6. The summed E-state index contributed by atoms with van der Waals surface area (Å²) in [6, 6.07) is 19.1. The molecule has 148 valence electrons. The van der Waals surface area contributed by atoms with E-state index in [0.29, 0.717) is 5.56 Å². The van der Waals surface area contributed by atoms with Gasteiger partial charge in [-0.2, -0.15) is 0 Å². The first-order chi connectivity index (χ1) is 14.2. The van der Waals surface area contributed by atoms with Crippen molar-refractivity contribution in [3.8, 4) is 11.3 Å². The normalized spacial score (nSPS) is 14.3. The van der Waals surface area contributed by atoms with Gasteiger partial charge in [-0.05, 0) is 65.2 Å². The van der Waals surface area contributed by atoms with Crippen LogP contribution in [0.1, 0.15) is 36.0 Å². The van der Waals surface area contributed by atoms with Gasteiger partial charge in [0.25, 0.3) is 5.91 Å². The van der Waals surface area contributed by atoms with E-state index in [1.807, 2.05) is 54.6 Å². The van der Waals surface area contributed by atoms with Gasteiger partial charge in [0.05, 0.1) is 11.3 Å². The molecule has 2 heterocycles. The summed E-state index contributed by atoms with van der Waals surface area (Å²) in [5.41, 5.74) is 3.03. The lowest BCUT2D eigenvalue weighted by atomic mass is 10.1. The fraction of sp³-hybridized carbons (Fsp3) is 0.261. The molecule has 0 saturated carbocycles. The fourth-order valence-corrected chi connectivity index (χ4v) is 4.01. The molecule has 29 heavy (non-hydrogen) atoms. The number of rotatable bonds is 4. The highest BCUT2D eigenvalue weighted by Crippen LogP contribution is 2.24. The van der Waals surface area contributed by atoms with Crippen LogP contribution in [0.25, 0.3) is 11.3 Å². The van der Waals surface area contributed by atoms with Crippen molar-refractivity contribution in [3.63, 3.8) is 0 Å². The van der Waals surface area contributed by atoms with Crippen molar-refractivity contribution in [2.75, 3.05) is 23.3 Å². The van der Waals surface area contributed by atoms with Gasteiger partial charge in [-0.3, -0.25) is 4.79 Å². The summed E-state index contributed by atoms with van der Waals surface area (Å²) in [6.45, 7) is 2.09. The van der Waals surface area contributed by atoms with E-state index in [4.69, 9.17) is 0 Å². The Hall–Kier alpha value is -2.73. The van der Waals surface area contributed by atoms with E-state index in [0.717, 1.165) is 40.3 Å². The van der Waals surface area contributed by atoms with Crippen LogP contribution in [0.2, 0.25) is 0 Å². The number of carbonyl (C=O) groups excluding carboxylic acids is 1. The van der Waals surface area contributed by atoms with E-state index >= 15 is 0 Å². The molecule has 4 rings (SSSR count). The third-order valence-corrected chi connectivity index (χ3v) is 5.81. The minimum Gasteiger partial charge on any atom is -0.355 e. The molecule has 6 heteroatoms. The number of nitrogens with one attached hydrogen (secondary N) is 1. The van der Waals surface area contributed by atoms with E-state index in [2.05, 4.69) is 36.3 Å². The zero-order valence-electron chi connectivity index (χ0n) is 16.1. The van der Waals surface area contributed by atoms with Gasteiger partial charge in [-0.25, -0.2) is 0 Å². The first kappa shape index (κ1) is 19.6. The highest BCUT2D eigenvalue weighted by atomic mass is 79.9. The SMILES string of the molecule is O=C(Nc1cccc(-c2ccc(N3CCCCCC3)nn2)c1)c1ccccc1Br. The molecule has 0 spiro atoms. The number of anilines is 2. The maximum Gasteiger partial charge on any atom is 0.256 e. The Morgan fingerprint density at radius 1 is 0.897 bits per heavy atom. The summed E-state index contributed by atoms with van der Waals surface area (Å²) in [5, 5.41) is 11.8. The summed E-state index contributed by atoms with van der Waals surface area (Å²) in [7, 11) is 0. The van der Waals surface area contributed by atoms with Crippen LogP contribution in [0.3, 0.4) is 0 Å². The van der Waals surface area contributed by atoms with Gasteiger partial charge in [0, 0.05) is 28.8 Å². The topological polar surface area (TPSA) is 58.1 Å². The van der Waals surface area contributed by atoms with Gasteiger partial charge < -0.3 is 10.2 Å². The summed E-state index contributed by atoms with van der Waals surface area (Å²) in [6.07, 6.45) is 5.01. The zero-order chi connectivity index (χ0) is 20.1. The molecule has 1 saturated heterocycles. The second-order valence-corrected chi connectivity index (χ2v) is 8.05. The molecule has 0 aliphatic carbocycles. The number of carbonyl (C=O) groups is 1. The molecular formula is C23H23BrN4O. The lowest BCUT2D eigenvalue weighted by Gasteiger charge is -2.20. The fourth-order valence-electron chi connectivity index (χ4n) is 3.55. The largest absolute Gasteiger partial charge is 0.355 e. The average Bonchev–Trinajstić information content (AvgIpc) is 3.04. The third-order valence-electron chi connectivity index (χ3n) is 5.12. The third kappa shape index (κ3) is 4.82. The molecule has 1 fully saturated rings. The van der Waals surface area contributed by atoms with Gasteiger partial charge in [-0.1, -0.05) is 37.1 Å². The lowest BCUT2D eigenvalue weighted by molar-refractivity contribution is 0.102. The van der Waals surface area contributed by atoms with Gasteiger partial charge >= 0.3 is 0 Å².